The lowest BCUT2D eigenvalue weighted by Gasteiger charge is -2.21. The fraction of sp³-hybridized carbons (Fsp3) is 0.968. The topological polar surface area (TPSA) is 70.0 Å². The van der Waals surface area contributed by atoms with E-state index in [9.17, 15) is 9.90 Å². The van der Waals surface area contributed by atoms with Crippen molar-refractivity contribution < 1.29 is 19.7 Å². The van der Waals surface area contributed by atoms with Crippen LogP contribution in [0.15, 0.2) is 0 Å². The zero-order chi connectivity index (χ0) is 26.5. The number of unbranched alkanes of at least 4 members (excludes halogenated alkanes) is 15. The van der Waals surface area contributed by atoms with Crippen molar-refractivity contribution in [1.82, 2.24) is 4.90 Å². The highest BCUT2D eigenvalue weighted by Crippen LogP contribution is 2.18. The van der Waals surface area contributed by atoms with Crippen LogP contribution in [0.3, 0.4) is 0 Å². The van der Waals surface area contributed by atoms with Crippen molar-refractivity contribution in [3.8, 4) is 0 Å². The van der Waals surface area contributed by atoms with E-state index in [1.54, 1.807) is 0 Å². The molecule has 0 aromatic carbocycles. The van der Waals surface area contributed by atoms with Crippen LogP contribution in [0.2, 0.25) is 0 Å². The Morgan fingerprint density at radius 1 is 0.583 bits per heavy atom. The number of ether oxygens (including phenoxy) is 1. The Hall–Kier alpha value is -0.650. The summed E-state index contributed by atoms with van der Waals surface area (Å²) < 4.78 is 5.95. The second-order valence-electron chi connectivity index (χ2n) is 10.7. The number of hydrogen-bond donors (Lipinski definition) is 2. The monoisotopic (exact) mass is 513 g/mol. The molecule has 0 aliphatic rings. The molecule has 0 atom stereocenters. The molecule has 5 heteroatoms. The van der Waals surface area contributed by atoms with Gasteiger partial charge in [-0.2, -0.15) is 0 Å². The lowest BCUT2D eigenvalue weighted by molar-refractivity contribution is -0.150. The van der Waals surface area contributed by atoms with E-state index >= 15 is 0 Å². The Bertz CT molecular complexity index is 430. The van der Waals surface area contributed by atoms with Gasteiger partial charge in [0.05, 0.1) is 6.61 Å². The van der Waals surface area contributed by atoms with Gasteiger partial charge >= 0.3 is 5.97 Å². The summed E-state index contributed by atoms with van der Waals surface area (Å²) in [6, 6.07) is 0. The molecule has 0 radical (unpaired) electrons. The number of aliphatic hydroxyl groups is 2. The number of carbonyl (C=O) groups excluding carboxylic acids is 1. The maximum Gasteiger partial charge on any atom is 0.306 e. The molecule has 0 bridgehead atoms. The zero-order valence-corrected chi connectivity index (χ0v) is 24.3. The van der Waals surface area contributed by atoms with Crippen molar-refractivity contribution in [3.05, 3.63) is 0 Å². The second-order valence-corrected chi connectivity index (χ2v) is 10.7. The number of carbonyl (C=O) groups is 1. The van der Waals surface area contributed by atoms with Crippen molar-refractivity contribution in [1.29, 1.82) is 0 Å². The highest BCUT2D eigenvalue weighted by Gasteiger charge is 2.14. The van der Waals surface area contributed by atoms with Crippen LogP contribution >= 0.6 is 0 Å². The SMILES string of the molecule is CCCCCCCCC(CCCCCCCC)OC(=O)CCCCCCCN(CCO)CCCCO. The lowest BCUT2D eigenvalue weighted by atomic mass is 10.0. The molecule has 0 aromatic heterocycles. The average Bonchev–Trinajstić information content (AvgIpc) is 2.87. The first kappa shape index (κ1) is 35.4. The molecular weight excluding hydrogens is 450 g/mol. The predicted octanol–water partition coefficient (Wildman–Crippen LogP) is 7.81. The number of esters is 1. The van der Waals surface area contributed by atoms with E-state index in [4.69, 9.17) is 9.84 Å². The largest absolute Gasteiger partial charge is 0.462 e. The van der Waals surface area contributed by atoms with Crippen LogP contribution in [0.4, 0.5) is 0 Å². The van der Waals surface area contributed by atoms with E-state index < -0.39 is 0 Å². The summed E-state index contributed by atoms with van der Waals surface area (Å²) >= 11 is 0. The smallest absolute Gasteiger partial charge is 0.306 e. The maximum absolute atomic E-state index is 12.5. The van der Waals surface area contributed by atoms with Gasteiger partial charge in [-0.25, -0.2) is 0 Å². The predicted molar refractivity (Wildman–Crippen MR) is 153 cm³/mol. The number of rotatable bonds is 29. The summed E-state index contributed by atoms with van der Waals surface area (Å²) in [7, 11) is 0. The van der Waals surface area contributed by atoms with Crippen LogP contribution in [0.1, 0.15) is 155 Å². The van der Waals surface area contributed by atoms with Gasteiger partial charge in [0, 0.05) is 19.6 Å². The van der Waals surface area contributed by atoms with Crippen LogP contribution in [-0.2, 0) is 9.53 Å². The molecule has 0 saturated heterocycles. The number of aliphatic hydroxyl groups excluding tert-OH is 2. The number of hydrogen-bond acceptors (Lipinski definition) is 5. The molecular formula is C31H63NO4. The fourth-order valence-electron chi connectivity index (χ4n) is 4.87. The molecule has 0 aromatic rings. The minimum atomic E-state index is 0.00923. The normalized spacial score (nSPS) is 11.6. The molecule has 5 nitrogen and oxygen atoms in total. The maximum atomic E-state index is 12.5. The number of nitrogens with zero attached hydrogens (tertiary/aromatic N) is 1. The van der Waals surface area contributed by atoms with Crippen molar-refractivity contribution in [2.45, 2.75) is 161 Å². The van der Waals surface area contributed by atoms with Gasteiger partial charge in [0.1, 0.15) is 6.10 Å². The van der Waals surface area contributed by atoms with E-state index in [2.05, 4.69) is 18.7 Å². The fourth-order valence-corrected chi connectivity index (χ4v) is 4.87. The lowest BCUT2D eigenvalue weighted by Crippen LogP contribution is -2.29. The Morgan fingerprint density at radius 3 is 1.58 bits per heavy atom. The van der Waals surface area contributed by atoms with Gasteiger partial charge in [-0.05, 0) is 64.5 Å². The van der Waals surface area contributed by atoms with Gasteiger partial charge in [0.15, 0.2) is 0 Å². The van der Waals surface area contributed by atoms with Crippen LogP contribution < -0.4 is 0 Å². The summed E-state index contributed by atoms with van der Waals surface area (Å²) in [5, 5.41) is 18.2. The zero-order valence-electron chi connectivity index (χ0n) is 24.3. The summed E-state index contributed by atoms with van der Waals surface area (Å²) in [5.41, 5.74) is 0. The molecule has 0 fully saturated rings. The Morgan fingerprint density at radius 2 is 1.06 bits per heavy atom. The highest BCUT2D eigenvalue weighted by molar-refractivity contribution is 5.69. The molecule has 0 aliphatic carbocycles. The van der Waals surface area contributed by atoms with Crippen molar-refractivity contribution in [2.24, 2.45) is 0 Å². The van der Waals surface area contributed by atoms with Gasteiger partial charge < -0.3 is 19.8 Å². The van der Waals surface area contributed by atoms with Gasteiger partial charge in [-0.3, -0.25) is 4.79 Å². The van der Waals surface area contributed by atoms with Crippen LogP contribution in [0, 0.1) is 0 Å². The summed E-state index contributed by atoms with van der Waals surface area (Å²) in [4.78, 5) is 14.8. The quantitative estimate of drug-likeness (QED) is 0.0788. The van der Waals surface area contributed by atoms with Gasteiger partial charge in [-0.1, -0.05) is 97.3 Å². The molecule has 0 unspecified atom stereocenters. The van der Waals surface area contributed by atoms with E-state index in [-0.39, 0.29) is 25.3 Å². The Balaban J connectivity index is 4.05. The molecule has 0 rings (SSSR count). The summed E-state index contributed by atoms with van der Waals surface area (Å²) in [5.74, 6) is 0.00923. The molecule has 0 saturated carbocycles. The minimum Gasteiger partial charge on any atom is -0.462 e. The minimum absolute atomic E-state index is 0.00923. The van der Waals surface area contributed by atoms with Crippen molar-refractivity contribution in [2.75, 3.05) is 32.8 Å². The second kappa shape index (κ2) is 28.9. The van der Waals surface area contributed by atoms with Crippen molar-refractivity contribution in [3.63, 3.8) is 0 Å². The Labute approximate surface area is 224 Å². The van der Waals surface area contributed by atoms with Crippen LogP contribution in [-0.4, -0.2) is 60.0 Å². The van der Waals surface area contributed by atoms with E-state index in [1.807, 2.05) is 0 Å². The molecule has 0 heterocycles. The first-order valence-electron chi connectivity index (χ1n) is 15.8. The molecule has 36 heavy (non-hydrogen) atoms. The van der Waals surface area contributed by atoms with Crippen LogP contribution in [0.25, 0.3) is 0 Å². The molecule has 216 valence electrons. The van der Waals surface area contributed by atoms with Crippen molar-refractivity contribution >= 4 is 5.97 Å². The van der Waals surface area contributed by atoms with Gasteiger partial charge in [-0.15, -0.1) is 0 Å². The summed E-state index contributed by atoms with van der Waals surface area (Å²) in [6.07, 6.45) is 25.4. The molecule has 2 N–H and O–H groups in total. The van der Waals surface area contributed by atoms with Gasteiger partial charge in [0.2, 0.25) is 0 Å². The van der Waals surface area contributed by atoms with Crippen LogP contribution in [0.5, 0.6) is 0 Å². The first-order valence-corrected chi connectivity index (χ1v) is 15.8. The molecule has 0 spiro atoms. The summed E-state index contributed by atoms with van der Waals surface area (Å²) in [6.45, 7) is 7.62. The van der Waals surface area contributed by atoms with E-state index in [1.165, 1.54) is 77.0 Å². The third-order valence-electron chi connectivity index (χ3n) is 7.21. The third-order valence-corrected chi connectivity index (χ3v) is 7.21. The standard InChI is InChI=1S/C31H63NO4/c1-3-5-7-9-12-16-22-30(23-17-13-10-8-6-4-2)36-31(35)24-18-14-11-15-19-25-32(27-29-34)26-20-21-28-33/h30,33-34H,3-29H2,1-2H3. The Kier molecular flexibility index (Phi) is 28.4. The van der Waals surface area contributed by atoms with Gasteiger partial charge in [0.25, 0.3) is 0 Å². The molecule has 0 aliphatic heterocycles. The first-order chi connectivity index (χ1) is 17.7. The van der Waals surface area contributed by atoms with E-state index in [0.717, 1.165) is 77.4 Å². The molecule has 0 amide bonds. The van der Waals surface area contributed by atoms with E-state index in [0.29, 0.717) is 6.42 Å². The third kappa shape index (κ3) is 25.0. The highest BCUT2D eigenvalue weighted by atomic mass is 16.5. The average molecular weight is 514 g/mol.